The minimum absolute atomic E-state index is 0.114. The summed E-state index contributed by atoms with van der Waals surface area (Å²) >= 11 is 1.15. The molecule has 0 spiro atoms. The summed E-state index contributed by atoms with van der Waals surface area (Å²) in [6, 6.07) is 3.60. The Morgan fingerprint density at radius 2 is 2.17 bits per heavy atom. The zero-order valence-electron chi connectivity index (χ0n) is 10.3. The third kappa shape index (κ3) is 4.80. The molecule has 18 heavy (non-hydrogen) atoms. The third-order valence-corrected chi connectivity index (χ3v) is 3.00. The third-order valence-electron chi connectivity index (χ3n) is 2.06. The maximum atomic E-state index is 11.8. The number of furan rings is 1. The molecule has 1 aromatic rings. The molecule has 2 amide bonds. The summed E-state index contributed by atoms with van der Waals surface area (Å²) in [6.45, 7) is 2.06. The monoisotopic (exact) mass is 272 g/mol. The van der Waals surface area contributed by atoms with Crippen molar-refractivity contribution >= 4 is 23.6 Å². The number of amides is 2. The Labute approximate surface area is 109 Å². The van der Waals surface area contributed by atoms with Crippen LogP contribution in [0.1, 0.15) is 11.5 Å². The van der Waals surface area contributed by atoms with E-state index < -0.39 is 5.91 Å². The number of primary amides is 1. The molecule has 100 valence electrons. The number of thioether (sulfide) groups is 1. The highest BCUT2D eigenvalue weighted by Gasteiger charge is 2.15. The molecule has 6 nitrogen and oxygen atoms in total. The average Bonchev–Trinajstić information content (AvgIpc) is 2.71. The maximum Gasteiger partial charge on any atom is 0.256 e. The summed E-state index contributed by atoms with van der Waals surface area (Å²) in [7, 11) is 1.41. The summed E-state index contributed by atoms with van der Waals surface area (Å²) in [5.74, 6) is 0.982. The molecule has 7 heteroatoms. The Hall–Kier alpha value is -1.47. The normalized spacial score (nSPS) is 10.3. The van der Waals surface area contributed by atoms with Crippen molar-refractivity contribution in [3.05, 3.63) is 23.7 Å². The zero-order valence-corrected chi connectivity index (χ0v) is 11.2. The van der Waals surface area contributed by atoms with Gasteiger partial charge in [0.05, 0.1) is 18.6 Å². The summed E-state index contributed by atoms with van der Waals surface area (Å²) in [5, 5.41) is 1.19. The van der Waals surface area contributed by atoms with E-state index >= 15 is 0 Å². The van der Waals surface area contributed by atoms with Crippen LogP contribution < -0.4 is 5.73 Å². The molecule has 0 unspecified atom stereocenters. The van der Waals surface area contributed by atoms with Crippen molar-refractivity contribution in [2.24, 2.45) is 5.73 Å². The first-order chi connectivity index (χ1) is 8.52. The topological polar surface area (TPSA) is 85.8 Å². The molecule has 1 aromatic heterocycles. The molecule has 0 aliphatic carbocycles. The van der Waals surface area contributed by atoms with Crippen LogP contribution in [0.3, 0.4) is 0 Å². The van der Waals surface area contributed by atoms with Crippen molar-refractivity contribution in [2.75, 3.05) is 18.6 Å². The van der Waals surface area contributed by atoms with Crippen LogP contribution in [-0.2, 0) is 21.0 Å². The molecule has 0 aliphatic heterocycles. The fourth-order valence-corrected chi connectivity index (χ4v) is 1.90. The Morgan fingerprint density at radius 1 is 1.44 bits per heavy atom. The quantitative estimate of drug-likeness (QED) is 0.738. The first kappa shape index (κ1) is 14.6. The molecule has 0 saturated heterocycles. The average molecular weight is 272 g/mol. The fourth-order valence-electron chi connectivity index (χ4n) is 1.28. The van der Waals surface area contributed by atoms with E-state index in [1.165, 1.54) is 12.2 Å². The molecular weight excluding hydrogens is 256 g/mol. The van der Waals surface area contributed by atoms with Crippen LogP contribution in [-0.4, -0.2) is 35.5 Å². The van der Waals surface area contributed by atoms with Crippen molar-refractivity contribution < 1.29 is 18.8 Å². The van der Waals surface area contributed by atoms with Gasteiger partial charge in [0.25, 0.3) is 5.91 Å². The lowest BCUT2D eigenvalue weighted by Gasteiger charge is -2.18. The lowest BCUT2D eigenvalue weighted by atomic mass is 10.4. The van der Waals surface area contributed by atoms with Crippen LogP contribution >= 0.6 is 11.8 Å². The smallest absolute Gasteiger partial charge is 0.256 e. The minimum Gasteiger partial charge on any atom is -0.464 e. The van der Waals surface area contributed by atoms with Crippen molar-refractivity contribution in [3.63, 3.8) is 0 Å². The molecule has 0 aromatic carbocycles. The molecule has 0 bridgehead atoms. The van der Waals surface area contributed by atoms with Crippen LogP contribution in [0.15, 0.2) is 16.5 Å². The Kier molecular flexibility index (Phi) is 5.73. The van der Waals surface area contributed by atoms with Crippen molar-refractivity contribution in [3.8, 4) is 0 Å². The summed E-state index contributed by atoms with van der Waals surface area (Å²) < 4.78 is 5.35. The summed E-state index contributed by atoms with van der Waals surface area (Å²) in [4.78, 5) is 27.3. The number of carbonyl (C=O) groups is 2. The Balaban J connectivity index is 2.44. The second-order valence-corrected chi connectivity index (χ2v) is 4.57. The van der Waals surface area contributed by atoms with Crippen LogP contribution in [0, 0.1) is 6.92 Å². The van der Waals surface area contributed by atoms with Gasteiger partial charge in [-0.1, -0.05) is 0 Å². The number of carbonyl (C=O) groups excluding carboxylic acids is 2. The predicted octanol–water partition coefficient (Wildman–Crippen LogP) is 0.697. The van der Waals surface area contributed by atoms with Gasteiger partial charge in [-0.3, -0.25) is 14.4 Å². The molecule has 1 rings (SSSR count). The lowest BCUT2D eigenvalue weighted by Crippen LogP contribution is -2.31. The summed E-state index contributed by atoms with van der Waals surface area (Å²) in [5.41, 5.74) is 4.98. The number of nitrogens with zero attached hydrogens (tertiary/aromatic N) is 1. The van der Waals surface area contributed by atoms with Crippen LogP contribution in [0.4, 0.5) is 0 Å². The van der Waals surface area contributed by atoms with E-state index in [0.29, 0.717) is 5.76 Å². The second-order valence-electron chi connectivity index (χ2n) is 3.58. The maximum absolute atomic E-state index is 11.8. The first-order valence-electron chi connectivity index (χ1n) is 5.28. The van der Waals surface area contributed by atoms with Gasteiger partial charge < -0.3 is 10.2 Å². The van der Waals surface area contributed by atoms with Gasteiger partial charge in [-0.15, -0.1) is 11.8 Å². The van der Waals surface area contributed by atoms with Gasteiger partial charge in [0.15, 0.2) is 0 Å². The SMILES string of the molecule is CON(Cc1ccc(C)o1)C(=O)CSCC(N)=O. The molecule has 1 heterocycles. The number of nitrogens with two attached hydrogens (primary N) is 1. The van der Waals surface area contributed by atoms with E-state index in [1.807, 2.05) is 13.0 Å². The molecule has 0 saturated carbocycles. The van der Waals surface area contributed by atoms with Crippen molar-refractivity contribution in [1.29, 1.82) is 0 Å². The van der Waals surface area contributed by atoms with E-state index in [-0.39, 0.29) is 24.0 Å². The number of hydroxylamine groups is 2. The lowest BCUT2D eigenvalue weighted by molar-refractivity contribution is -0.177. The van der Waals surface area contributed by atoms with Crippen LogP contribution in [0.2, 0.25) is 0 Å². The molecular formula is C11H16N2O4S. The van der Waals surface area contributed by atoms with Gasteiger partial charge in [0, 0.05) is 0 Å². The van der Waals surface area contributed by atoms with E-state index in [2.05, 4.69) is 0 Å². The van der Waals surface area contributed by atoms with E-state index in [0.717, 1.165) is 17.5 Å². The van der Waals surface area contributed by atoms with Gasteiger partial charge >= 0.3 is 0 Å². The van der Waals surface area contributed by atoms with E-state index in [4.69, 9.17) is 15.0 Å². The first-order valence-corrected chi connectivity index (χ1v) is 6.44. The van der Waals surface area contributed by atoms with Crippen molar-refractivity contribution in [2.45, 2.75) is 13.5 Å². The highest BCUT2D eigenvalue weighted by molar-refractivity contribution is 8.00. The molecule has 2 N–H and O–H groups in total. The zero-order chi connectivity index (χ0) is 13.5. The van der Waals surface area contributed by atoms with Crippen LogP contribution in [0.25, 0.3) is 0 Å². The Bertz CT molecular complexity index is 419. The number of rotatable bonds is 7. The van der Waals surface area contributed by atoms with Crippen LogP contribution in [0.5, 0.6) is 0 Å². The van der Waals surface area contributed by atoms with Crippen molar-refractivity contribution in [1.82, 2.24) is 5.06 Å². The largest absolute Gasteiger partial charge is 0.464 e. The number of aryl methyl sites for hydroxylation is 1. The summed E-state index contributed by atoms with van der Waals surface area (Å²) in [6.07, 6.45) is 0. The highest BCUT2D eigenvalue weighted by atomic mass is 32.2. The molecule has 0 atom stereocenters. The van der Waals surface area contributed by atoms with Gasteiger partial charge in [-0.05, 0) is 19.1 Å². The fraction of sp³-hybridized carbons (Fsp3) is 0.455. The second kappa shape index (κ2) is 7.07. The minimum atomic E-state index is -0.446. The Morgan fingerprint density at radius 3 is 2.67 bits per heavy atom. The van der Waals surface area contributed by atoms with Gasteiger partial charge in [-0.25, -0.2) is 5.06 Å². The van der Waals surface area contributed by atoms with Gasteiger partial charge in [-0.2, -0.15) is 0 Å². The molecule has 0 fully saturated rings. The van der Waals surface area contributed by atoms with Gasteiger partial charge in [0.2, 0.25) is 5.91 Å². The van der Waals surface area contributed by atoms with E-state index in [9.17, 15) is 9.59 Å². The highest BCUT2D eigenvalue weighted by Crippen LogP contribution is 2.11. The van der Waals surface area contributed by atoms with Gasteiger partial charge in [0.1, 0.15) is 18.1 Å². The molecule has 0 aliphatic rings. The number of hydrogen-bond donors (Lipinski definition) is 1. The standard InChI is InChI=1S/C11H16N2O4S/c1-8-3-4-9(17-8)5-13(16-2)11(15)7-18-6-10(12)14/h3-4H,5-7H2,1-2H3,(H2,12,14). The molecule has 0 radical (unpaired) electrons. The number of hydrogen-bond acceptors (Lipinski definition) is 5. The van der Waals surface area contributed by atoms with E-state index in [1.54, 1.807) is 6.07 Å². The predicted molar refractivity (Wildman–Crippen MR) is 67.5 cm³/mol.